The van der Waals surface area contributed by atoms with Gasteiger partial charge in [-0.15, -0.1) is 34.0 Å². The van der Waals surface area contributed by atoms with Crippen LogP contribution in [-0.2, 0) is 25.7 Å². The molecule has 0 bridgehead atoms. The van der Waals surface area contributed by atoms with Gasteiger partial charge in [-0.1, -0.05) is 27.7 Å². The largest absolute Gasteiger partial charge is 0.138 e. The maximum Gasteiger partial charge on any atom is 0.0635 e. The van der Waals surface area contributed by atoms with Crippen LogP contribution < -0.4 is 0 Å². The van der Waals surface area contributed by atoms with E-state index in [4.69, 9.17) is 0 Å². The fourth-order valence-electron chi connectivity index (χ4n) is 2.89. The van der Waals surface area contributed by atoms with Gasteiger partial charge < -0.3 is 0 Å². The molecule has 0 aliphatic carbocycles. The summed E-state index contributed by atoms with van der Waals surface area (Å²) < 4.78 is 6.33. The van der Waals surface area contributed by atoms with E-state index in [0.29, 0.717) is 0 Å². The van der Waals surface area contributed by atoms with Crippen LogP contribution in [0.15, 0.2) is 0 Å². The fourth-order valence-corrected chi connectivity index (χ4v) is 7.62. The van der Waals surface area contributed by atoms with Crippen LogP contribution in [0.3, 0.4) is 0 Å². The van der Waals surface area contributed by atoms with E-state index in [-0.39, 0.29) is 0 Å². The van der Waals surface area contributed by atoms with Gasteiger partial charge in [0.1, 0.15) is 0 Å². The molecular weight excluding hydrogens is 288 g/mol. The zero-order chi connectivity index (χ0) is 13.6. The Bertz CT molecular complexity index is 663. The third-order valence-corrected chi connectivity index (χ3v) is 8.33. The maximum atomic E-state index is 2.30. The van der Waals surface area contributed by atoms with Gasteiger partial charge in [-0.05, 0) is 36.8 Å². The molecule has 0 N–H and O–H groups in total. The van der Waals surface area contributed by atoms with E-state index in [2.05, 4.69) is 39.0 Å². The van der Waals surface area contributed by atoms with Crippen molar-refractivity contribution in [1.29, 1.82) is 0 Å². The number of aryl methyl sites for hydroxylation is 4. The van der Waals surface area contributed by atoms with Crippen LogP contribution in [0.25, 0.3) is 18.8 Å². The van der Waals surface area contributed by atoms with Gasteiger partial charge in [0.05, 0.1) is 18.8 Å². The van der Waals surface area contributed by atoms with Crippen LogP contribution in [0.5, 0.6) is 0 Å². The molecule has 0 aliphatic rings. The summed E-state index contributed by atoms with van der Waals surface area (Å²) in [6.07, 6.45) is 4.73. The highest BCUT2D eigenvalue weighted by atomic mass is 32.1. The van der Waals surface area contributed by atoms with E-state index < -0.39 is 0 Å². The minimum atomic E-state index is 1.18. The molecule has 0 nitrogen and oxygen atoms in total. The van der Waals surface area contributed by atoms with Crippen molar-refractivity contribution in [2.24, 2.45) is 0 Å². The molecule has 0 radical (unpaired) electrons. The number of hydrogen-bond acceptors (Lipinski definition) is 3. The molecule has 0 aliphatic heterocycles. The average Bonchev–Trinajstić information content (AvgIpc) is 3.04. The maximum absolute atomic E-state index is 2.30. The Balaban J connectivity index is 2.37. The summed E-state index contributed by atoms with van der Waals surface area (Å²) in [4.78, 5) is 3.21. The molecule has 0 spiro atoms. The van der Waals surface area contributed by atoms with Gasteiger partial charge in [-0.2, -0.15) is 0 Å². The Kier molecular flexibility index (Phi) is 3.71. The van der Waals surface area contributed by atoms with Crippen molar-refractivity contribution in [2.45, 2.75) is 53.4 Å². The van der Waals surface area contributed by atoms with Crippen molar-refractivity contribution in [3.8, 4) is 0 Å². The zero-order valence-corrected chi connectivity index (χ0v) is 14.5. The average molecular weight is 309 g/mol. The monoisotopic (exact) mass is 308 g/mol. The lowest BCUT2D eigenvalue weighted by molar-refractivity contribution is 1.09. The third kappa shape index (κ3) is 1.90. The third-order valence-electron chi connectivity index (χ3n) is 3.84. The predicted molar refractivity (Wildman–Crippen MR) is 92.6 cm³/mol. The van der Waals surface area contributed by atoms with Crippen molar-refractivity contribution in [1.82, 2.24) is 0 Å². The summed E-state index contributed by atoms with van der Waals surface area (Å²) in [5.41, 5.74) is 3.24. The van der Waals surface area contributed by atoms with E-state index in [0.717, 1.165) is 0 Å². The summed E-state index contributed by atoms with van der Waals surface area (Å²) in [5.74, 6) is 0. The van der Waals surface area contributed by atoms with Crippen LogP contribution >= 0.6 is 34.0 Å². The lowest BCUT2D eigenvalue weighted by Gasteiger charge is -1.97. The van der Waals surface area contributed by atoms with E-state index >= 15 is 0 Å². The first kappa shape index (κ1) is 13.6. The number of thiophene rings is 3. The molecule has 0 saturated heterocycles. The molecule has 3 aromatic rings. The van der Waals surface area contributed by atoms with E-state index in [1.165, 1.54) is 25.7 Å². The summed E-state index contributed by atoms with van der Waals surface area (Å²) in [7, 11) is 0. The molecular formula is C16H20S3. The molecule has 3 heteroatoms. The molecule has 3 heterocycles. The highest BCUT2D eigenvalue weighted by molar-refractivity contribution is 7.39. The second-order valence-corrected chi connectivity index (χ2v) is 8.07. The van der Waals surface area contributed by atoms with Gasteiger partial charge in [0.15, 0.2) is 0 Å². The molecule has 102 valence electrons. The van der Waals surface area contributed by atoms with Gasteiger partial charge in [-0.3, -0.25) is 0 Å². The van der Waals surface area contributed by atoms with Crippen LogP contribution in [-0.4, -0.2) is 0 Å². The standard InChI is InChI=1S/C16H20S3/c1-5-9-11(7-3)17-15-13(9)19-14-10(6-2)12(8-4)18-16(14)15/h5-8H2,1-4H3. The highest BCUT2D eigenvalue weighted by Crippen LogP contribution is 2.48. The first-order valence-corrected chi connectivity index (χ1v) is 9.67. The first-order chi connectivity index (χ1) is 9.24. The van der Waals surface area contributed by atoms with E-state index in [1.54, 1.807) is 39.7 Å². The summed E-state index contributed by atoms with van der Waals surface area (Å²) in [6, 6.07) is 0. The number of fused-ring (bicyclic) bond motifs is 3. The normalized spacial score (nSPS) is 12.0. The Morgan fingerprint density at radius 1 is 0.526 bits per heavy atom. The molecule has 0 aromatic carbocycles. The SMILES string of the molecule is CCc1sc2c(sc3c(CC)c(CC)sc32)c1CC. The van der Waals surface area contributed by atoms with Crippen molar-refractivity contribution in [2.75, 3.05) is 0 Å². The van der Waals surface area contributed by atoms with Crippen molar-refractivity contribution in [3.63, 3.8) is 0 Å². The molecule has 3 aromatic heterocycles. The van der Waals surface area contributed by atoms with E-state index in [1.807, 2.05) is 22.7 Å². The van der Waals surface area contributed by atoms with Crippen molar-refractivity contribution >= 4 is 52.8 Å². The second kappa shape index (κ2) is 5.19. The molecule has 0 unspecified atom stereocenters. The topological polar surface area (TPSA) is 0 Å². The van der Waals surface area contributed by atoms with Crippen LogP contribution in [0, 0.1) is 0 Å². The smallest absolute Gasteiger partial charge is 0.0635 e. The predicted octanol–water partition coefficient (Wildman–Crippen LogP) is 6.43. The first-order valence-electron chi connectivity index (χ1n) is 7.22. The van der Waals surface area contributed by atoms with Gasteiger partial charge in [-0.25, -0.2) is 0 Å². The minimum absolute atomic E-state index is 1.18. The number of hydrogen-bond donors (Lipinski definition) is 0. The summed E-state index contributed by atoms with van der Waals surface area (Å²) >= 11 is 6.15. The van der Waals surface area contributed by atoms with Gasteiger partial charge in [0.25, 0.3) is 0 Å². The fraction of sp³-hybridized carbons (Fsp3) is 0.500. The molecule has 0 saturated carbocycles. The van der Waals surface area contributed by atoms with Crippen LogP contribution in [0.2, 0.25) is 0 Å². The molecule has 0 fully saturated rings. The highest BCUT2D eigenvalue weighted by Gasteiger charge is 2.20. The number of rotatable bonds is 4. The molecule has 3 rings (SSSR count). The van der Waals surface area contributed by atoms with Crippen LogP contribution in [0.1, 0.15) is 48.6 Å². The van der Waals surface area contributed by atoms with Gasteiger partial charge in [0, 0.05) is 9.75 Å². The quantitative estimate of drug-likeness (QED) is 0.521. The van der Waals surface area contributed by atoms with Crippen molar-refractivity contribution in [3.05, 3.63) is 20.9 Å². The Hall–Kier alpha value is -0.380. The van der Waals surface area contributed by atoms with Gasteiger partial charge >= 0.3 is 0 Å². The molecule has 0 atom stereocenters. The van der Waals surface area contributed by atoms with Crippen LogP contribution in [0.4, 0.5) is 0 Å². The zero-order valence-electron chi connectivity index (χ0n) is 12.1. The molecule has 19 heavy (non-hydrogen) atoms. The lowest BCUT2D eigenvalue weighted by Crippen LogP contribution is -1.83. The molecule has 0 amide bonds. The Labute approximate surface area is 127 Å². The second-order valence-electron chi connectivity index (χ2n) is 4.84. The Morgan fingerprint density at radius 3 is 1.26 bits per heavy atom. The summed E-state index contributed by atoms with van der Waals surface area (Å²) in [6.45, 7) is 9.17. The van der Waals surface area contributed by atoms with Crippen molar-refractivity contribution < 1.29 is 0 Å². The lowest BCUT2D eigenvalue weighted by atomic mass is 10.1. The van der Waals surface area contributed by atoms with E-state index in [9.17, 15) is 0 Å². The minimum Gasteiger partial charge on any atom is -0.138 e. The summed E-state index contributed by atoms with van der Waals surface area (Å²) in [5, 5.41) is 0. The Morgan fingerprint density at radius 2 is 0.947 bits per heavy atom. The van der Waals surface area contributed by atoms with Gasteiger partial charge in [0.2, 0.25) is 0 Å².